The zero-order chi connectivity index (χ0) is 21.2. The summed E-state index contributed by atoms with van der Waals surface area (Å²) in [7, 11) is -1.72. The lowest BCUT2D eigenvalue weighted by atomic mass is 9.49. The third-order valence-electron chi connectivity index (χ3n) is 10.6. The predicted octanol–water partition coefficient (Wildman–Crippen LogP) is 7.23. The maximum absolute atomic E-state index is 12.5. The summed E-state index contributed by atoms with van der Waals surface area (Å²) in [6, 6.07) is 0. The zero-order valence-electron chi connectivity index (χ0n) is 20.2. The van der Waals surface area contributed by atoms with Crippen LogP contribution < -0.4 is 0 Å². The highest BCUT2D eigenvalue weighted by atomic mass is 28.4. The second-order valence-electron chi connectivity index (χ2n) is 12.9. The average Bonchev–Trinajstić information content (AvgIpc) is 2.96. The summed E-state index contributed by atoms with van der Waals surface area (Å²) in [6.07, 6.45) is 11.7. The Kier molecular flexibility index (Phi) is 5.68. The van der Waals surface area contributed by atoms with Gasteiger partial charge in [-0.15, -0.1) is 0 Å². The van der Waals surface area contributed by atoms with Crippen LogP contribution in [0.5, 0.6) is 0 Å². The molecule has 0 N–H and O–H groups in total. The molecule has 4 aliphatic rings. The standard InChI is InChI=1S/C26H46O2Si/c1-8-17-15-21-18(16-23(17)27)9-10-20-19(21)13-14-26(5)22(20)11-12-24(26)28-29(6,7)25(2,3)4/h17-22,24H,8-16H2,1-7H3/t17?,18?,19-,20+,21-,22-,24-,26-/m0/s1. The quantitative estimate of drug-likeness (QED) is 0.452. The normalized spacial score (nSPS) is 45.5. The van der Waals surface area contributed by atoms with E-state index in [1.807, 2.05) is 0 Å². The Labute approximate surface area is 181 Å². The summed E-state index contributed by atoms with van der Waals surface area (Å²) < 4.78 is 7.06. The van der Waals surface area contributed by atoms with Crippen LogP contribution in [0.3, 0.4) is 0 Å². The van der Waals surface area contributed by atoms with Crippen molar-refractivity contribution >= 4 is 14.1 Å². The molecule has 0 aromatic carbocycles. The van der Waals surface area contributed by atoms with Crippen LogP contribution in [0.1, 0.15) is 92.4 Å². The molecule has 166 valence electrons. The Bertz CT molecular complexity index is 635. The van der Waals surface area contributed by atoms with Crippen LogP contribution in [0.15, 0.2) is 0 Å². The molecular weight excluding hydrogens is 372 g/mol. The molecule has 3 heteroatoms. The van der Waals surface area contributed by atoms with Crippen molar-refractivity contribution in [3.05, 3.63) is 0 Å². The SMILES string of the molecule is CCC1C[C@H]2C(CC[C@@H]3[C@@H]2CC[C@]2(C)[C@@H](O[Si](C)(C)C(C)(C)C)CC[C@@H]32)CC1=O. The van der Waals surface area contributed by atoms with Gasteiger partial charge in [0.1, 0.15) is 5.78 Å². The number of ketones is 1. The van der Waals surface area contributed by atoms with Crippen LogP contribution in [-0.4, -0.2) is 20.2 Å². The van der Waals surface area contributed by atoms with Crippen molar-refractivity contribution in [2.45, 2.75) is 117 Å². The molecule has 0 spiro atoms. The lowest BCUT2D eigenvalue weighted by Gasteiger charge is -2.56. The van der Waals surface area contributed by atoms with Gasteiger partial charge in [0, 0.05) is 12.3 Å². The number of fused-ring (bicyclic) bond motifs is 5. The third kappa shape index (κ3) is 3.60. The van der Waals surface area contributed by atoms with E-state index in [1.165, 1.54) is 44.9 Å². The highest BCUT2D eigenvalue weighted by molar-refractivity contribution is 6.74. The summed E-state index contributed by atoms with van der Waals surface area (Å²) in [6.45, 7) is 16.8. The van der Waals surface area contributed by atoms with E-state index in [-0.39, 0.29) is 0 Å². The van der Waals surface area contributed by atoms with Gasteiger partial charge in [-0.3, -0.25) is 4.79 Å². The maximum atomic E-state index is 12.5. The minimum atomic E-state index is -1.72. The molecule has 0 aromatic heterocycles. The summed E-state index contributed by atoms with van der Waals surface area (Å²) in [5, 5.41) is 0.292. The fourth-order valence-corrected chi connectivity index (χ4v) is 9.26. The molecule has 0 aliphatic heterocycles. The van der Waals surface area contributed by atoms with Gasteiger partial charge in [0.05, 0.1) is 6.10 Å². The van der Waals surface area contributed by atoms with E-state index in [4.69, 9.17) is 4.43 Å². The van der Waals surface area contributed by atoms with Gasteiger partial charge in [0.15, 0.2) is 8.32 Å². The predicted molar refractivity (Wildman–Crippen MR) is 123 cm³/mol. The summed E-state index contributed by atoms with van der Waals surface area (Å²) >= 11 is 0. The minimum Gasteiger partial charge on any atom is -0.413 e. The van der Waals surface area contributed by atoms with Gasteiger partial charge in [-0.25, -0.2) is 0 Å². The minimum absolute atomic E-state index is 0.292. The second kappa shape index (κ2) is 7.47. The van der Waals surface area contributed by atoms with Gasteiger partial charge in [-0.05, 0) is 105 Å². The number of hydrogen-bond donors (Lipinski definition) is 0. The monoisotopic (exact) mass is 418 g/mol. The largest absolute Gasteiger partial charge is 0.413 e. The van der Waals surface area contributed by atoms with Gasteiger partial charge in [0.2, 0.25) is 0 Å². The van der Waals surface area contributed by atoms with E-state index in [0.29, 0.717) is 34.2 Å². The first-order chi connectivity index (χ1) is 13.5. The molecule has 29 heavy (non-hydrogen) atoms. The number of Topliss-reactive ketones (excluding diaryl/α,β-unsaturated/α-hetero) is 1. The fourth-order valence-electron chi connectivity index (χ4n) is 7.81. The number of carbonyl (C=O) groups excluding carboxylic acids is 1. The molecule has 0 bridgehead atoms. The topological polar surface area (TPSA) is 26.3 Å². The van der Waals surface area contributed by atoms with Crippen LogP contribution >= 0.6 is 0 Å². The Hall–Kier alpha value is -0.153. The molecule has 0 radical (unpaired) electrons. The smallest absolute Gasteiger partial charge is 0.192 e. The Morgan fingerprint density at radius 3 is 2.41 bits per heavy atom. The molecule has 4 saturated carbocycles. The first kappa shape index (κ1) is 22.1. The lowest BCUT2D eigenvalue weighted by molar-refractivity contribution is -0.134. The summed E-state index contributed by atoms with van der Waals surface area (Å²) in [5.74, 6) is 5.12. The van der Waals surface area contributed by atoms with Crippen molar-refractivity contribution in [3.8, 4) is 0 Å². The van der Waals surface area contributed by atoms with Crippen molar-refractivity contribution in [3.63, 3.8) is 0 Å². The molecule has 0 heterocycles. The van der Waals surface area contributed by atoms with Crippen LogP contribution in [0.2, 0.25) is 18.1 Å². The lowest BCUT2D eigenvalue weighted by Crippen LogP contribution is -2.53. The van der Waals surface area contributed by atoms with Crippen molar-refractivity contribution in [1.82, 2.24) is 0 Å². The van der Waals surface area contributed by atoms with E-state index < -0.39 is 8.32 Å². The van der Waals surface area contributed by atoms with Crippen LogP contribution in [0.25, 0.3) is 0 Å². The molecule has 8 atom stereocenters. The van der Waals surface area contributed by atoms with Gasteiger partial charge >= 0.3 is 0 Å². The molecule has 2 nitrogen and oxygen atoms in total. The molecule has 4 fully saturated rings. The first-order valence-corrected chi connectivity index (χ1v) is 15.6. The van der Waals surface area contributed by atoms with Crippen molar-refractivity contribution in [2.24, 2.45) is 40.9 Å². The molecule has 4 aliphatic carbocycles. The van der Waals surface area contributed by atoms with E-state index in [2.05, 4.69) is 47.7 Å². The first-order valence-electron chi connectivity index (χ1n) is 12.7. The summed E-state index contributed by atoms with van der Waals surface area (Å²) in [4.78, 5) is 12.5. The van der Waals surface area contributed by atoms with Crippen molar-refractivity contribution in [1.29, 1.82) is 0 Å². The number of hydrogen-bond acceptors (Lipinski definition) is 2. The van der Waals surface area contributed by atoms with E-state index in [9.17, 15) is 4.79 Å². The van der Waals surface area contributed by atoms with Crippen LogP contribution in [0, 0.1) is 40.9 Å². The maximum Gasteiger partial charge on any atom is 0.192 e. The second-order valence-corrected chi connectivity index (χ2v) is 17.7. The average molecular weight is 419 g/mol. The van der Waals surface area contributed by atoms with Crippen molar-refractivity contribution in [2.75, 3.05) is 0 Å². The molecule has 2 unspecified atom stereocenters. The molecule has 0 aromatic rings. The Balaban J connectivity index is 1.51. The van der Waals surface area contributed by atoms with Gasteiger partial charge in [0.25, 0.3) is 0 Å². The Morgan fingerprint density at radius 1 is 1.03 bits per heavy atom. The number of rotatable bonds is 3. The molecule has 0 saturated heterocycles. The van der Waals surface area contributed by atoms with Crippen LogP contribution in [0.4, 0.5) is 0 Å². The Morgan fingerprint density at radius 2 is 1.76 bits per heavy atom. The van der Waals surface area contributed by atoms with E-state index in [1.54, 1.807) is 0 Å². The van der Waals surface area contributed by atoms with Crippen LogP contribution in [-0.2, 0) is 9.22 Å². The van der Waals surface area contributed by atoms with Crippen molar-refractivity contribution < 1.29 is 9.22 Å². The fraction of sp³-hybridized carbons (Fsp3) is 0.962. The molecule has 0 amide bonds. The summed E-state index contributed by atoms with van der Waals surface area (Å²) in [5.41, 5.74) is 0.387. The van der Waals surface area contributed by atoms with Gasteiger partial charge in [-0.1, -0.05) is 34.6 Å². The molecule has 4 rings (SSSR count). The molecular formula is C26H46O2Si. The highest BCUT2D eigenvalue weighted by Gasteiger charge is 2.59. The zero-order valence-corrected chi connectivity index (χ0v) is 21.2. The number of carbonyl (C=O) groups is 1. The van der Waals surface area contributed by atoms with E-state index >= 15 is 0 Å². The van der Waals surface area contributed by atoms with E-state index in [0.717, 1.165) is 36.5 Å². The third-order valence-corrected chi connectivity index (χ3v) is 15.1. The van der Waals surface area contributed by atoms with Gasteiger partial charge in [-0.2, -0.15) is 0 Å². The van der Waals surface area contributed by atoms with Gasteiger partial charge < -0.3 is 4.43 Å². The highest BCUT2D eigenvalue weighted by Crippen LogP contribution is 2.63.